The fourth-order valence-corrected chi connectivity index (χ4v) is 2.19. The summed E-state index contributed by atoms with van der Waals surface area (Å²) >= 11 is 7.18. The zero-order chi connectivity index (χ0) is 10.1. The van der Waals surface area contributed by atoms with Crippen molar-refractivity contribution in [2.45, 2.75) is 0 Å². The minimum atomic E-state index is -0.120. The molecule has 5 heteroatoms. The Balaban J connectivity index is 2.38. The molecule has 0 spiro atoms. The molecule has 14 heavy (non-hydrogen) atoms. The maximum absolute atomic E-state index is 11.8. The van der Waals surface area contributed by atoms with Crippen LogP contribution >= 0.6 is 22.9 Å². The molecule has 0 radical (unpaired) electrons. The SMILES string of the molecule is Cn1cnc(C(=O)c2sccc2Cl)c1. The normalized spacial score (nSPS) is 10.4. The van der Waals surface area contributed by atoms with E-state index in [1.807, 2.05) is 7.05 Å². The number of hydrogen-bond donors (Lipinski definition) is 0. The quantitative estimate of drug-likeness (QED) is 0.737. The van der Waals surface area contributed by atoms with E-state index < -0.39 is 0 Å². The number of aryl methyl sites for hydroxylation is 1. The highest BCUT2D eigenvalue weighted by Crippen LogP contribution is 2.24. The predicted molar refractivity (Wildman–Crippen MR) is 56.0 cm³/mol. The van der Waals surface area contributed by atoms with Gasteiger partial charge in [-0.2, -0.15) is 0 Å². The molecule has 3 nitrogen and oxygen atoms in total. The van der Waals surface area contributed by atoms with Gasteiger partial charge in [0.25, 0.3) is 0 Å². The van der Waals surface area contributed by atoms with Crippen LogP contribution in [0.1, 0.15) is 15.4 Å². The summed E-state index contributed by atoms with van der Waals surface area (Å²) in [6, 6.07) is 1.71. The molecule has 2 aromatic rings. The van der Waals surface area contributed by atoms with E-state index in [1.165, 1.54) is 11.3 Å². The second-order valence-electron chi connectivity index (χ2n) is 2.85. The lowest BCUT2D eigenvalue weighted by atomic mass is 10.2. The van der Waals surface area contributed by atoms with Gasteiger partial charge in [0.05, 0.1) is 16.2 Å². The van der Waals surface area contributed by atoms with E-state index in [1.54, 1.807) is 28.5 Å². The average molecular weight is 227 g/mol. The second-order valence-corrected chi connectivity index (χ2v) is 4.17. The summed E-state index contributed by atoms with van der Waals surface area (Å²) in [6.07, 6.45) is 3.27. The lowest BCUT2D eigenvalue weighted by Gasteiger charge is -1.92. The zero-order valence-corrected chi connectivity index (χ0v) is 8.97. The molecule has 0 amide bonds. The van der Waals surface area contributed by atoms with Gasteiger partial charge in [0.2, 0.25) is 5.78 Å². The standard InChI is InChI=1S/C9H7ClN2OS/c1-12-4-7(11-5-12)8(13)9-6(10)2-3-14-9/h2-5H,1H3. The molecule has 2 heterocycles. The molecule has 0 aliphatic rings. The lowest BCUT2D eigenvalue weighted by molar-refractivity contribution is 0.103. The molecule has 0 saturated heterocycles. The average Bonchev–Trinajstić information content (AvgIpc) is 2.73. The van der Waals surface area contributed by atoms with Crippen molar-refractivity contribution in [1.29, 1.82) is 0 Å². The van der Waals surface area contributed by atoms with Gasteiger partial charge >= 0.3 is 0 Å². The van der Waals surface area contributed by atoms with Crippen molar-refractivity contribution in [2.75, 3.05) is 0 Å². The van der Waals surface area contributed by atoms with Gasteiger partial charge in [0.1, 0.15) is 5.69 Å². The van der Waals surface area contributed by atoms with Crippen LogP contribution in [0, 0.1) is 0 Å². The van der Waals surface area contributed by atoms with Gasteiger partial charge in [-0.15, -0.1) is 11.3 Å². The monoisotopic (exact) mass is 226 g/mol. The maximum atomic E-state index is 11.8. The van der Waals surface area contributed by atoms with Crippen LogP contribution < -0.4 is 0 Å². The lowest BCUT2D eigenvalue weighted by Crippen LogP contribution is -1.99. The van der Waals surface area contributed by atoms with Crippen molar-refractivity contribution in [3.05, 3.63) is 39.6 Å². The van der Waals surface area contributed by atoms with Crippen molar-refractivity contribution in [1.82, 2.24) is 9.55 Å². The van der Waals surface area contributed by atoms with E-state index in [2.05, 4.69) is 4.98 Å². The summed E-state index contributed by atoms with van der Waals surface area (Å²) in [5, 5.41) is 2.28. The molecule has 0 fully saturated rings. The van der Waals surface area contributed by atoms with Crippen molar-refractivity contribution >= 4 is 28.7 Å². The highest BCUT2D eigenvalue weighted by Gasteiger charge is 2.15. The molecule has 0 atom stereocenters. The number of halogens is 1. The molecule has 0 saturated carbocycles. The number of rotatable bonds is 2. The molecule has 0 aliphatic carbocycles. The summed E-state index contributed by atoms with van der Waals surface area (Å²) < 4.78 is 1.73. The Morgan fingerprint density at radius 2 is 2.43 bits per heavy atom. The van der Waals surface area contributed by atoms with Crippen LogP contribution in [-0.4, -0.2) is 15.3 Å². The van der Waals surface area contributed by atoms with Crippen LogP contribution in [0.15, 0.2) is 24.0 Å². The van der Waals surface area contributed by atoms with Gasteiger partial charge < -0.3 is 4.57 Å². The number of thiophene rings is 1. The summed E-state index contributed by atoms with van der Waals surface area (Å²) in [4.78, 5) is 16.3. The van der Waals surface area contributed by atoms with Crippen LogP contribution in [0.5, 0.6) is 0 Å². The molecule has 0 unspecified atom stereocenters. The van der Waals surface area contributed by atoms with Gasteiger partial charge in [-0.1, -0.05) is 11.6 Å². The maximum Gasteiger partial charge on any atom is 0.224 e. The number of aromatic nitrogens is 2. The summed E-state index contributed by atoms with van der Waals surface area (Å²) in [6.45, 7) is 0. The van der Waals surface area contributed by atoms with E-state index in [0.717, 1.165) is 0 Å². The number of imidazole rings is 1. The third-order valence-electron chi connectivity index (χ3n) is 1.76. The van der Waals surface area contributed by atoms with E-state index in [-0.39, 0.29) is 5.78 Å². The Morgan fingerprint density at radius 1 is 1.64 bits per heavy atom. The third-order valence-corrected chi connectivity index (χ3v) is 3.10. The molecule has 2 rings (SSSR count). The topological polar surface area (TPSA) is 34.9 Å². The highest BCUT2D eigenvalue weighted by molar-refractivity contribution is 7.13. The van der Waals surface area contributed by atoms with Crippen LogP contribution in [0.2, 0.25) is 5.02 Å². The first-order valence-electron chi connectivity index (χ1n) is 3.94. The first-order chi connectivity index (χ1) is 6.68. The van der Waals surface area contributed by atoms with Crippen LogP contribution in [0.4, 0.5) is 0 Å². The summed E-state index contributed by atoms with van der Waals surface area (Å²) in [5.74, 6) is -0.120. The fourth-order valence-electron chi connectivity index (χ4n) is 1.10. The van der Waals surface area contributed by atoms with Crippen LogP contribution in [0.25, 0.3) is 0 Å². The molecular formula is C9H7ClN2OS. The van der Waals surface area contributed by atoms with Crippen LogP contribution in [-0.2, 0) is 7.05 Å². The minimum absolute atomic E-state index is 0.120. The van der Waals surface area contributed by atoms with Crippen molar-refractivity contribution < 1.29 is 4.79 Å². The Hall–Kier alpha value is -1.13. The van der Waals surface area contributed by atoms with Crippen molar-refractivity contribution in [3.63, 3.8) is 0 Å². The summed E-state index contributed by atoms with van der Waals surface area (Å²) in [7, 11) is 1.82. The molecular weight excluding hydrogens is 220 g/mol. The molecule has 2 aromatic heterocycles. The Kier molecular flexibility index (Phi) is 2.39. The number of hydrogen-bond acceptors (Lipinski definition) is 3. The zero-order valence-electron chi connectivity index (χ0n) is 7.40. The first-order valence-corrected chi connectivity index (χ1v) is 5.20. The fraction of sp³-hybridized carbons (Fsp3) is 0.111. The van der Waals surface area contributed by atoms with Crippen molar-refractivity contribution in [3.8, 4) is 0 Å². The third kappa shape index (κ3) is 1.58. The number of nitrogens with zero attached hydrogens (tertiary/aromatic N) is 2. The first kappa shape index (κ1) is 9.43. The number of ketones is 1. The van der Waals surface area contributed by atoms with Gasteiger partial charge in [0, 0.05) is 13.2 Å². The van der Waals surface area contributed by atoms with E-state index in [4.69, 9.17) is 11.6 Å². The smallest absolute Gasteiger partial charge is 0.224 e. The van der Waals surface area contributed by atoms with Crippen molar-refractivity contribution in [2.24, 2.45) is 7.05 Å². The number of carbonyl (C=O) groups is 1. The van der Waals surface area contributed by atoms with E-state index >= 15 is 0 Å². The van der Waals surface area contributed by atoms with Gasteiger partial charge in [-0.3, -0.25) is 4.79 Å². The Labute approximate surface area is 90.0 Å². The van der Waals surface area contributed by atoms with E-state index in [9.17, 15) is 4.79 Å². The number of carbonyl (C=O) groups excluding carboxylic acids is 1. The van der Waals surface area contributed by atoms with Crippen LogP contribution in [0.3, 0.4) is 0 Å². The van der Waals surface area contributed by atoms with Gasteiger partial charge in [0.15, 0.2) is 0 Å². The molecule has 0 N–H and O–H groups in total. The molecule has 0 bridgehead atoms. The minimum Gasteiger partial charge on any atom is -0.340 e. The molecule has 0 aliphatic heterocycles. The Bertz CT molecular complexity index is 475. The molecule has 0 aromatic carbocycles. The Morgan fingerprint density at radius 3 is 2.93 bits per heavy atom. The van der Waals surface area contributed by atoms with Gasteiger partial charge in [-0.05, 0) is 11.4 Å². The summed E-state index contributed by atoms with van der Waals surface area (Å²) in [5.41, 5.74) is 0.428. The molecule has 72 valence electrons. The second kappa shape index (κ2) is 3.55. The highest BCUT2D eigenvalue weighted by atomic mass is 35.5. The van der Waals surface area contributed by atoms with E-state index in [0.29, 0.717) is 15.6 Å². The predicted octanol–water partition coefficient (Wildman–Crippen LogP) is 2.37. The van der Waals surface area contributed by atoms with Gasteiger partial charge in [-0.25, -0.2) is 4.98 Å². The largest absolute Gasteiger partial charge is 0.340 e.